The van der Waals surface area contributed by atoms with Crippen LogP contribution in [0.3, 0.4) is 0 Å². The molecule has 0 aliphatic heterocycles. The van der Waals surface area contributed by atoms with E-state index < -0.39 is 17.3 Å². The molecule has 6 nitrogen and oxygen atoms in total. The monoisotopic (exact) mass is 270 g/mol. The standard InChI is InChI=1S/C13H22N2O4/c1-6-13(5,9-16)18-10-7-8-15(14-10)11(17)19-12(2,3)4/h7-8,16H,6,9H2,1-5H3. The Kier molecular flexibility index (Phi) is 4.57. The van der Waals surface area contributed by atoms with Crippen LogP contribution in [0.15, 0.2) is 12.3 Å². The number of aromatic nitrogens is 2. The molecule has 0 aromatic carbocycles. The van der Waals surface area contributed by atoms with E-state index in [1.165, 1.54) is 6.20 Å². The predicted molar refractivity (Wildman–Crippen MR) is 70.3 cm³/mol. The second kappa shape index (κ2) is 5.61. The van der Waals surface area contributed by atoms with E-state index in [4.69, 9.17) is 9.47 Å². The predicted octanol–water partition coefficient (Wildman–Crippen LogP) is 2.21. The van der Waals surface area contributed by atoms with Crippen LogP contribution in [0.4, 0.5) is 4.79 Å². The first kappa shape index (κ1) is 15.5. The lowest BCUT2D eigenvalue weighted by Crippen LogP contribution is -2.36. The lowest BCUT2D eigenvalue weighted by atomic mass is 10.1. The maximum atomic E-state index is 11.8. The van der Waals surface area contributed by atoms with Crippen LogP contribution in [0.2, 0.25) is 0 Å². The summed E-state index contributed by atoms with van der Waals surface area (Å²) in [5.74, 6) is 0.282. The minimum Gasteiger partial charge on any atom is -0.468 e. The molecule has 0 bridgehead atoms. The number of aliphatic hydroxyl groups is 1. The number of carbonyl (C=O) groups is 1. The molecule has 1 unspecified atom stereocenters. The van der Waals surface area contributed by atoms with Gasteiger partial charge >= 0.3 is 6.09 Å². The van der Waals surface area contributed by atoms with E-state index in [0.29, 0.717) is 6.42 Å². The van der Waals surface area contributed by atoms with Crippen molar-refractivity contribution in [1.82, 2.24) is 9.78 Å². The van der Waals surface area contributed by atoms with E-state index in [9.17, 15) is 9.90 Å². The number of nitrogens with zero attached hydrogens (tertiary/aromatic N) is 2. The lowest BCUT2D eigenvalue weighted by Gasteiger charge is -2.25. The SMILES string of the molecule is CCC(C)(CO)Oc1ccn(C(=O)OC(C)(C)C)n1. The molecule has 108 valence electrons. The molecule has 0 aliphatic rings. The molecule has 1 atom stereocenters. The second-order valence-corrected chi connectivity index (χ2v) is 5.64. The van der Waals surface area contributed by atoms with E-state index in [2.05, 4.69) is 5.10 Å². The van der Waals surface area contributed by atoms with Crippen LogP contribution in [-0.4, -0.2) is 38.8 Å². The van der Waals surface area contributed by atoms with E-state index in [-0.39, 0.29) is 12.5 Å². The Morgan fingerprint density at radius 3 is 2.53 bits per heavy atom. The summed E-state index contributed by atoms with van der Waals surface area (Å²) >= 11 is 0. The highest BCUT2D eigenvalue weighted by Gasteiger charge is 2.25. The molecule has 0 spiro atoms. The first-order valence-corrected chi connectivity index (χ1v) is 6.28. The maximum Gasteiger partial charge on any atom is 0.435 e. The minimum absolute atomic E-state index is 0.122. The summed E-state index contributed by atoms with van der Waals surface area (Å²) in [6.07, 6.45) is 1.53. The highest BCUT2D eigenvalue weighted by Crippen LogP contribution is 2.19. The van der Waals surface area contributed by atoms with Gasteiger partial charge in [-0.15, -0.1) is 5.10 Å². The van der Waals surface area contributed by atoms with Crippen LogP contribution in [0, 0.1) is 0 Å². The Hall–Kier alpha value is -1.56. The summed E-state index contributed by atoms with van der Waals surface area (Å²) in [5.41, 5.74) is -1.28. The Morgan fingerprint density at radius 2 is 2.05 bits per heavy atom. The zero-order valence-corrected chi connectivity index (χ0v) is 12.1. The number of hydrogen-bond acceptors (Lipinski definition) is 5. The van der Waals surface area contributed by atoms with Crippen LogP contribution in [0.5, 0.6) is 5.88 Å². The third-order valence-corrected chi connectivity index (χ3v) is 2.58. The van der Waals surface area contributed by atoms with E-state index in [0.717, 1.165) is 4.68 Å². The van der Waals surface area contributed by atoms with Crippen molar-refractivity contribution < 1.29 is 19.4 Å². The summed E-state index contributed by atoms with van der Waals surface area (Å²) < 4.78 is 11.8. The quantitative estimate of drug-likeness (QED) is 0.908. The zero-order valence-electron chi connectivity index (χ0n) is 12.1. The Labute approximate surface area is 113 Å². The molecule has 19 heavy (non-hydrogen) atoms. The van der Waals surface area contributed by atoms with Crippen LogP contribution in [0.1, 0.15) is 41.0 Å². The molecule has 0 fully saturated rings. The van der Waals surface area contributed by atoms with Gasteiger partial charge in [-0.3, -0.25) is 0 Å². The molecule has 1 aromatic rings. The lowest BCUT2D eigenvalue weighted by molar-refractivity contribution is 0.0169. The van der Waals surface area contributed by atoms with Crippen LogP contribution < -0.4 is 4.74 Å². The molecule has 0 saturated heterocycles. The summed E-state index contributed by atoms with van der Waals surface area (Å²) in [7, 11) is 0. The summed E-state index contributed by atoms with van der Waals surface area (Å²) in [5, 5.41) is 13.2. The van der Waals surface area contributed by atoms with Gasteiger partial charge in [0, 0.05) is 12.3 Å². The van der Waals surface area contributed by atoms with Crippen LogP contribution >= 0.6 is 0 Å². The highest BCUT2D eigenvalue weighted by molar-refractivity contribution is 5.69. The van der Waals surface area contributed by atoms with Crippen molar-refractivity contribution in [2.45, 2.75) is 52.2 Å². The average molecular weight is 270 g/mol. The molecule has 6 heteroatoms. The maximum absolute atomic E-state index is 11.8. The largest absolute Gasteiger partial charge is 0.468 e. The Bertz CT molecular complexity index is 430. The molecule has 1 aromatic heterocycles. The number of aliphatic hydroxyl groups excluding tert-OH is 1. The number of ether oxygens (including phenoxy) is 2. The van der Waals surface area contributed by atoms with Crippen molar-refractivity contribution in [2.75, 3.05) is 6.61 Å². The molecule has 0 aliphatic carbocycles. The van der Waals surface area contributed by atoms with Gasteiger partial charge in [0.05, 0.1) is 6.61 Å². The van der Waals surface area contributed by atoms with Gasteiger partial charge in [-0.25, -0.2) is 4.79 Å². The Balaban J connectivity index is 2.75. The van der Waals surface area contributed by atoms with Crippen molar-refractivity contribution in [3.8, 4) is 5.88 Å². The Morgan fingerprint density at radius 1 is 1.42 bits per heavy atom. The fourth-order valence-electron chi connectivity index (χ4n) is 1.24. The smallest absolute Gasteiger partial charge is 0.435 e. The normalized spacial score (nSPS) is 14.8. The van der Waals surface area contributed by atoms with Crippen LogP contribution in [0.25, 0.3) is 0 Å². The molecule has 1 rings (SSSR count). The molecular weight excluding hydrogens is 248 g/mol. The van der Waals surface area contributed by atoms with Crippen molar-refractivity contribution in [2.24, 2.45) is 0 Å². The van der Waals surface area contributed by atoms with Crippen molar-refractivity contribution in [1.29, 1.82) is 0 Å². The molecular formula is C13H22N2O4. The van der Waals surface area contributed by atoms with Gasteiger partial charge in [-0.1, -0.05) is 6.92 Å². The molecule has 0 radical (unpaired) electrons. The van der Waals surface area contributed by atoms with Gasteiger partial charge in [0.1, 0.15) is 11.2 Å². The van der Waals surface area contributed by atoms with Crippen molar-refractivity contribution >= 4 is 6.09 Å². The van der Waals surface area contributed by atoms with Crippen LogP contribution in [-0.2, 0) is 4.74 Å². The fourth-order valence-corrected chi connectivity index (χ4v) is 1.24. The molecule has 1 N–H and O–H groups in total. The van der Waals surface area contributed by atoms with Gasteiger partial charge in [-0.05, 0) is 34.1 Å². The minimum atomic E-state index is -0.701. The number of rotatable bonds is 4. The van der Waals surface area contributed by atoms with Crippen molar-refractivity contribution in [3.05, 3.63) is 12.3 Å². The van der Waals surface area contributed by atoms with Gasteiger partial charge in [-0.2, -0.15) is 4.68 Å². The van der Waals surface area contributed by atoms with Crippen molar-refractivity contribution in [3.63, 3.8) is 0 Å². The molecule has 0 amide bonds. The van der Waals surface area contributed by atoms with E-state index >= 15 is 0 Å². The van der Waals surface area contributed by atoms with Gasteiger partial charge in [0.15, 0.2) is 0 Å². The molecule has 1 heterocycles. The summed E-state index contributed by atoms with van der Waals surface area (Å²) in [4.78, 5) is 11.8. The van der Waals surface area contributed by atoms with E-state index in [1.807, 2.05) is 6.92 Å². The third-order valence-electron chi connectivity index (χ3n) is 2.58. The third kappa shape index (κ3) is 4.55. The fraction of sp³-hybridized carbons (Fsp3) is 0.692. The van der Waals surface area contributed by atoms with Gasteiger partial charge in [0.25, 0.3) is 0 Å². The van der Waals surface area contributed by atoms with E-state index in [1.54, 1.807) is 33.8 Å². The zero-order chi connectivity index (χ0) is 14.7. The molecule has 0 saturated carbocycles. The first-order chi connectivity index (χ1) is 8.69. The first-order valence-electron chi connectivity index (χ1n) is 6.28. The van der Waals surface area contributed by atoms with Gasteiger partial charge in [0.2, 0.25) is 5.88 Å². The summed E-state index contributed by atoms with van der Waals surface area (Å²) in [6.45, 7) is 8.91. The highest BCUT2D eigenvalue weighted by atomic mass is 16.6. The second-order valence-electron chi connectivity index (χ2n) is 5.64. The summed E-state index contributed by atoms with van der Waals surface area (Å²) in [6, 6.07) is 1.56. The average Bonchev–Trinajstić information content (AvgIpc) is 2.75. The van der Waals surface area contributed by atoms with Gasteiger partial charge < -0.3 is 14.6 Å². The topological polar surface area (TPSA) is 73.6 Å². The number of hydrogen-bond donors (Lipinski definition) is 1. The number of carbonyl (C=O) groups excluding carboxylic acids is 1.